The van der Waals surface area contributed by atoms with E-state index in [9.17, 15) is 9.18 Å². The van der Waals surface area contributed by atoms with Gasteiger partial charge in [-0.15, -0.1) is 0 Å². The van der Waals surface area contributed by atoms with Crippen molar-refractivity contribution >= 4 is 5.91 Å². The maximum absolute atomic E-state index is 15.0. The van der Waals surface area contributed by atoms with Crippen LogP contribution in [0.4, 0.5) is 4.39 Å². The third-order valence-electron chi connectivity index (χ3n) is 4.78. The molecule has 0 aliphatic carbocycles. The van der Waals surface area contributed by atoms with Crippen LogP contribution in [-0.4, -0.2) is 33.2 Å². The Morgan fingerprint density at radius 3 is 2.59 bits per heavy atom. The lowest BCUT2D eigenvalue weighted by molar-refractivity contribution is 0.0935. The molecular formula is C20H24FN3O3. The summed E-state index contributed by atoms with van der Waals surface area (Å²) in [5.41, 5.74) is 7.60. The van der Waals surface area contributed by atoms with Crippen molar-refractivity contribution in [2.24, 2.45) is 0 Å². The van der Waals surface area contributed by atoms with Gasteiger partial charge >= 0.3 is 0 Å². The molecule has 0 bridgehead atoms. The van der Waals surface area contributed by atoms with E-state index in [1.54, 1.807) is 13.2 Å². The van der Waals surface area contributed by atoms with Gasteiger partial charge in [0.1, 0.15) is 5.75 Å². The minimum Gasteiger partial charge on any atom is -0.497 e. The lowest BCUT2D eigenvalue weighted by atomic mass is 9.96. The Hall–Kier alpha value is -2.64. The predicted molar refractivity (Wildman–Crippen MR) is 101 cm³/mol. The van der Waals surface area contributed by atoms with Crippen LogP contribution >= 0.6 is 0 Å². The van der Waals surface area contributed by atoms with Crippen molar-refractivity contribution in [2.75, 3.05) is 27.3 Å². The van der Waals surface area contributed by atoms with E-state index in [0.29, 0.717) is 18.8 Å². The van der Waals surface area contributed by atoms with Crippen molar-refractivity contribution in [3.8, 4) is 11.5 Å². The summed E-state index contributed by atoms with van der Waals surface area (Å²) < 4.78 is 25.4. The normalized spacial score (nSPS) is 15.4. The fourth-order valence-electron chi connectivity index (χ4n) is 3.23. The van der Waals surface area contributed by atoms with Crippen LogP contribution in [0.25, 0.3) is 0 Å². The lowest BCUT2D eigenvalue weighted by Crippen LogP contribution is -2.27. The molecule has 2 aromatic carbocycles. The van der Waals surface area contributed by atoms with E-state index in [2.05, 4.69) is 16.2 Å². The molecule has 0 saturated carbocycles. The van der Waals surface area contributed by atoms with Crippen LogP contribution in [0.2, 0.25) is 0 Å². The Bertz CT molecular complexity index is 822. The summed E-state index contributed by atoms with van der Waals surface area (Å²) in [6.45, 7) is 3.19. The van der Waals surface area contributed by atoms with Crippen LogP contribution < -0.4 is 25.6 Å². The second-order valence-corrected chi connectivity index (χ2v) is 6.48. The first-order chi connectivity index (χ1) is 13.0. The molecule has 27 heavy (non-hydrogen) atoms. The van der Waals surface area contributed by atoms with Gasteiger partial charge < -0.3 is 14.8 Å². The van der Waals surface area contributed by atoms with E-state index in [1.165, 1.54) is 13.2 Å². The Labute approximate surface area is 158 Å². The standard InChI is InChI=1S/C20H24FN3O3/c1-12(13-5-4-6-15(9-13)26-2)24-20(25)17-8-7-16(14-10-22-23-11-14)19(27-3)18(17)21/h4-9,12,14,22-23H,10-11H2,1-3H3,(H,24,25)/t12-/m1/s1. The molecule has 0 spiro atoms. The number of ether oxygens (including phenoxy) is 2. The van der Waals surface area contributed by atoms with E-state index in [0.717, 1.165) is 11.1 Å². The SMILES string of the molecule is COc1cccc([C@@H](C)NC(=O)c2ccc(C3CNNC3)c(OC)c2F)c1. The van der Waals surface area contributed by atoms with Gasteiger partial charge in [0.05, 0.1) is 25.8 Å². The molecule has 1 saturated heterocycles. The van der Waals surface area contributed by atoms with E-state index in [4.69, 9.17) is 9.47 Å². The number of carbonyl (C=O) groups is 1. The first-order valence-corrected chi connectivity index (χ1v) is 8.82. The van der Waals surface area contributed by atoms with Gasteiger partial charge in [-0.3, -0.25) is 15.6 Å². The topological polar surface area (TPSA) is 71.6 Å². The smallest absolute Gasteiger partial charge is 0.254 e. The van der Waals surface area contributed by atoms with Crippen LogP contribution in [0, 0.1) is 5.82 Å². The van der Waals surface area contributed by atoms with Crippen LogP contribution in [-0.2, 0) is 0 Å². The maximum Gasteiger partial charge on any atom is 0.254 e. The van der Waals surface area contributed by atoms with Crippen molar-refractivity contribution in [3.05, 3.63) is 58.9 Å². The molecule has 144 valence electrons. The van der Waals surface area contributed by atoms with Gasteiger partial charge in [-0.1, -0.05) is 18.2 Å². The molecule has 1 fully saturated rings. The molecule has 2 aromatic rings. The average molecular weight is 373 g/mol. The van der Waals surface area contributed by atoms with E-state index < -0.39 is 11.7 Å². The first-order valence-electron chi connectivity index (χ1n) is 8.82. The highest BCUT2D eigenvalue weighted by molar-refractivity contribution is 5.95. The number of amides is 1. The number of nitrogens with one attached hydrogen (secondary N) is 3. The quantitative estimate of drug-likeness (QED) is 0.726. The zero-order valence-corrected chi connectivity index (χ0v) is 15.6. The molecular weight excluding hydrogens is 349 g/mol. The number of carbonyl (C=O) groups excluding carboxylic acids is 1. The van der Waals surface area contributed by atoms with Gasteiger partial charge in [-0.25, -0.2) is 4.39 Å². The molecule has 3 rings (SSSR count). The second kappa shape index (κ2) is 8.37. The number of hydrogen-bond donors (Lipinski definition) is 3. The van der Waals surface area contributed by atoms with Crippen LogP contribution in [0.15, 0.2) is 36.4 Å². The predicted octanol–water partition coefficient (Wildman–Crippen LogP) is 2.53. The zero-order chi connectivity index (χ0) is 19.4. The van der Waals surface area contributed by atoms with E-state index in [-0.39, 0.29) is 23.3 Å². The molecule has 3 N–H and O–H groups in total. The van der Waals surface area contributed by atoms with Gasteiger partial charge in [-0.2, -0.15) is 0 Å². The minimum absolute atomic E-state index is 0.0377. The molecule has 1 amide bonds. The Morgan fingerprint density at radius 1 is 1.19 bits per heavy atom. The molecule has 7 heteroatoms. The second-order valence-electron chi connectivity index (χ2n) is 6.48. The largest absolute Gasteiger partial charge is 0.497 e. The third kappa shape index (κ3) is 4.04. The van der Waals surface area contributed by atoms with Gasteiger partial charge in [-0.05, 0) is 30.7 Å². The van der Waals surface area contributed by atoms with Crippen LogP contribution in [0.1, 0.15) is 40.4 Å². The number of methoxy groups -OCH3 is 2. The van der Waals surface area contributed by atoms with Crippen molar-refractivity contribution in [1.82, 2.24) is 16.2 Å². The highest BCUT2D eigenvalue weighted by atomic mass is 19.1. The Morgan fingerprint density at radius 2 is 1.93 bits per heavy atom. The fraction of sp³-hybridized carbons (Fsp3) is 0.350. The van der Waals surface area contributed by atoms with Gasteiger partial charge in [0, 0.05) is 24.6 Å². The molecule has 1 aliphatic rings. The zero-order valence-electron chi connectivity index (χ0n) is 15.6. The maximum atomic E-state index is 15.0. The van der Waals surface area contributed by atoms with Gasteiger partial charge in [0.15, 0.2) is 11.6 Å². The summed E-state index contributed by atoms with van der Waals surface area (Å²) in [4.78, 5) is 12.6. The van der Waals surface area contributed by atoms with Crippen LogP contribution in [0.3, 0.4) is 0 Å². The molecule has 0 unspecified atom stereocenters. The number of hydrazine groups is 1. The van der Waals surface area contributed by atoms with E-state index in [1.807, 2.05) is 31.2 Å². The summed E-state index contributed by atoms with van der Waals surface area (Å²) >= 11 is 0. The summed E-state index contributed by atoms with van der Waals surface area (Å²) in [6, 6.07) is 10.4. The van der Waals surface area contributed by atoms with E-state index >= 15 is 0 Å². The fourth-order valence-corrected chi connectivity index (χ4v) is 3.23. The average Bonchev–Trinajstić information content (AvgIpc) is 3.22. The molecule has 0 radical (unpaired) electrons. The molecule has 0 aromatic heterocycles. The summed E-state index contributed by atoms with van der Waals surface area (Å²) in [7, 11) is 3.00. The van der Waals surface area contributed by atoms with Crippen molar-refractivity contribution in [1.29, 1.82) is 0 Å². The van der Waals surface area contributed by atoms with Crippen molar-refractivity contribution in [3.63, 3.8) is 0 Å². The number of benzene rings is 2. The highest BCUT2D eigenvalue weighted by Gasteiger charge is 2.26. The lowest BCUT2D eigenvalue weighted by Gasteiger charge is -2.18. The summed E-state index contributed by atoms with van der Waals surface area (Å²) in [6.07, 6.45) is 0. The monoisotopic (exact) mass is 373 g/mol. The van der Waals surface area contributed by atoms with Crippen molar-refractivity contribution in [2.45, 2.75) is 18.9 Å². The van der Waals surface area contributed by atoms with Gasteiger partial charge in [0.25, 0.3) is 5.91 Å². The summed E-state index contributed by atoms with van der Waals surface area (Å²) in [5, 5.41) is 2.83. The van der Waals surface area contributed by atoms with Crippen LogP contribution in [0.5, 0.6) is 11.5 Å². The van der Waals surface area contributed by atoms with Gasteiger partial charge in [0.2, 0.25) is 0 Å². The minimum atomic E-state index is -0.641. The molecule has 1 aliphatic heterocycles. The number of halogens is 1. The highest BCUT2D eigenvalue weighted by Crippen LogP contribution is 2.32. The Kier molecular flexibility index (Phi) is 5.93. The molecule has 1 heterocycles. The number of rotatable bonds is 6. The van der Waals surface area contributed by atoms with Crippen molar-refractivity contribution < 1.29 is 18.7 Å². The Balaban J connectivity index is 1.81. The number of hydrogen-bond acceptors (Lipinski definition) is 5. The molecule has 1 atom stereocenters. The summed E-state index contributed by atoms with van der Waals surface area (Å²) in [5.74, 6) is -0.230. The first kappa shape index (κ1) is 19.1. The molecule has 6 nitrogen and oxygen atoms in total. The third-order valence-corrected chi connectivity index (χ3v) is 4.78.